The predicted octanol–water partition coefficient (Wildman–Crippen LogP) is 4.88. The molecule has 0 radical (unpaired) electrons. The Morgan fingerprint density at radius 3 is 2.69 bits per heavy atom. The Kier molecular flexibility index (Phi) is 10.5. The van der Waals surface area contributed by atoms with Gasteiger partial charge in [-0.25, -0.2) is 0 Å². The first-order valence-electron chi connectivity index (χ1n) is 8.32. The largest absolute Gasteiger partial charge is 0.481 e. The van der Waals surface area contributed by atoms with Crippen LogP contribution in [0.15, 0.2) is 18.3 Å². The zero-order chi connectivity index (χ0) is 17.7. The molecule has 0 saturated carbocycles. The quantitative estimate of drug-likeness (QED) is 0.693. The van der Waals surface area contributed by atoms with Crippen molar-refractivity contribution in [3.05, 3.63) is 29.6 Å². The van der Waals surface area contributed by atoms with Crippen LogP contribution in [-0.4, -0.2) is 22.6 Å². The summed E-state index contributed by atoms with van der Waals surface area (Å²) in [6.45, 7) is 2.60. The SMILES string of the molecule is CCCCC(C(=O)O)C1CCNC(c2cc(C(F)(F)F)ccn2)C1.Cl.Cl. The molecule has 0 aliphatic carbocycles. The Morgan fingerprint density at radius 2 is 2.12 bits per heavy atom. The van der Waals surface area contributed by atoms with Crippen molar-refractivity contribution in [2.75, 3.05) is 6.54 Å². The molecule has 4 nitrogen and oxygen atoms in total. The molecule has 0 spiro atoms. The van der Waals surface area contributed by atoms with Crippen LogP contribution in [0.4, 0.5) is 13.2 Å². The summed E-state index contributed by atoms with van der Waals surface area (Å²) in [5.41, 5.74) is -0.397. The van der Waals surface area contributed by atoms with Gasteiger partial charge in [0.1, 0.15) is 0 Å². The van der Waals surface area contributed by atoms with Crippen LogP contribution in [0.1, 0.15) is 56.3 Å². The van der Waals surface area contributed by atoms with E-state index in [0.29, 0.717) is 25.1 Å². The average Bonchev–Trinajstić information content (AvgIpc) is 2.54. The van der Waals surface area contributed by atoms with Gasteiger partial charge in [-0.1, -0.05) is 19.8 Å². The molecule has 1 aliphatic heterocycles. The van der Waals surface area contributed by atoms with E-state index in [4.69, 9.17) is 0 Å². The number of unbranched alkanes of at least 4 members (excludes halogenated alkanes) is 1. The van der Waals surface area contributed by atoms with E-state index in [1.165, 1.54) is 0 Å². The number of aromatic nitrogens is 1. The van der Waals surface area contributed by atoms with Gasteiger partial charge in [0.15, 0.2) is 0 Å². The molecule has 1 saturated heterocycles. The van der Waals surface area contributed by atoms with E-state index >= 15 is 0 Å². The van der Waals surface area contributed by atoms with Crippen LogP contribution in [0.2, 0.25) is 0 Å². The number of hydrogen-bond donors (Lipinski definition) is 2. The second kappa shape index (κ2) is 10.9. The third kappa shape index (κ3) is 6.59. The van der Waals surface area contributed by atoms with Gasteiger partial charge < -0.3 is 10.4 Å². The van der Waals surface area contributed by atoms with E-state index in [1.54, 1.807) is 0 Å². The average molecular weight is 417 g/mol. The maximum absolute atomic E-state index is 12.9. The molecule has 3 atom stereocenters. The maximum Gasteiger partial charge on any atom is 0.416 e. The topological polar surface area (TPSA) is 62.2 Å². The number of piperidine rings is 1. The molecular formula is C17H25Cl2F3N2O2. The molecule has 150 valence electrons. The first-order valence-corrected chi connectivity index (χ1v) is 8.32. The Labute approximate surface area is 163 Å². The summed E-state index contributed by atoms with van der Waals surface area (Å²) in [4.78, 5) is 15.6. The normalized spacial score (nSPS) is 21.2. The summed E-state index contributed by atoms with van der Waals surface area (Å²) in [7, 11) is 0. The summed E-state index contributed by atoms with van der Waals surface area (Å²) in [5.74, 6) is -1.30. The number of hydrogen-bond acceptors (Lipinski definition) is 3. The molecule has 1 aromatic rings. The van der Waals surface area contributed by atoms with Crippen molar-refractivity contribution in [2.45, 2.75) is 51.2 Å². The number of rotatable bonds is 6. The van der Waals surface area contributed by atoms with Gasteiger partial charge in [-0.05, 0) is 43.9 Å². The van der Waals surface area contributed by atoms with Crippen LogP contribution in [0.3, 0.4) is 0 Å². The van der Waals surface area contributed by atoms with E-state index in [0.717, 1.165) is 37.6 Å². The number of nitrogens with one attached hydrogen (secondary N) is 1. The number of carboxylic acids is 1. The number of halogens is 5. The molecule has 0 aromatic carbocycles. The van der Waals surface area contributed by atoms with Gasteiger partial charge in [0, 0.05) is 12.2 Å². The summed E-state index contributed by atoms with van der Waals surface area (Å²) < 4.78 is 38.6. The van der Waals surface area contributed by atoms with Gasteiger partial charge in [0.05, 0.1) is 17.2 Å². The van der Waals surface area contributed by atoms with Gasteiger partial charge in [0.2, 0.25) is 0 Å². The molecule has 1 fully saturated rings. The highest BCUT2D eigenvalue weighted by Crippen LogP contribution is 2.35. The lowest BCUT2D eigenvalue weighted by Crippen LogP contribution is -2.37. The molecule has 2 rings (SSSR count). The summed E-state index contributed by atoms with van der Waals surface area (Å²) in [6.07, 6.45) is 0.344. The predicted molar refractivity (Wildman–Crippen MR) is 97.9 cm³/mol. The summed E-state index contributed by atoms with van der Waals surface area (Å²) >= 11 is 0. The molecule has 0 amide bonds. The van der Waals surface area contributed by atoms with Crippen LogP contribution in [0.25, 0.3) is 0 Å². The van der Waals surface area contributed by atoms with Crippen molar-refractivity contribution in [2.24, 2.45) is 11.8 Å². The number of alkyl halides is 3. The number of aliphatic carboxylic acids is 1. The molecule has 1 aromatic heterocycles. The second-order valence-electron chi connectivity index (χ2n) is 6.35. The van der Waals surface area contributed by atoms with Crippen LogP contribution >= 0.6 is 24.8 Å². The number of carbonyl (C=O) groups is 1. The first-order chi connectivity index (χ1) is 11.3. The van der Waals surface area contributed by atoms with Crippen LogP contribution in [0.5, 0.6) is 0 Å². The molecular weight excluding hydrogens is 392 g/mol. The fraction of sp³-hybridized carbons (Fsp3) is 0.647. The van der Waals surface area contributed by atoms with Crippen molar-refractivity contribution >= 4 is 30.8 Å². The van der Waals surface area contributed by atoms with E-state index < -0.39 is 23.6 Å². The van der Waals surface area contributed by atoms with Gasteiger partial charge in [-0.15, -0.1) is 24.8 Å². The van der Waals surface area contributed by atoms with Crippen molar-refractivity contribution in [3.8, 4) is 0 Å². The molecule has 26 heavy (non-hydrogen) atoms. The molecule has 1 aliphatic rings. The zero-order valence-corrected chi connectivity index (χ0v) is 16.1. The van der Waals surface area contributed by atoms with E-state index in [1.807, 2.05) is 6.92 Å². The third-order valence-electron chi connectivity index (χ3n) is 4.66. The lowest BCUT2D eigenvalue weighted by Gasteiger charge is -2.33. The minimum atomic E-state index is -4.41. The molecule has 2 N–H and O–H groups in total. The minimum Gasteiger partial charge on any atom is -0.481 e. The second-order valence-corrected chi connectivity index (χ2v) is 6.35. The number of pyridine rings is 1. The minimum absolute atomic E-state index is 0. The van der Waals surface area contributed by atoms with Gasteiger partial charge in [-0.2, -0.15) is 13.2 Å². The van der Waals surface area contributed by atoms with Crippen molar-refractivity contribution < 1.29 is 23.1 Å². The smallest absolute Gasteiger partial charge is 0.416 e. The molecule has 2 heterocycles. The number of carboxylic acid groups (broad SMARTS) is 1. The fourth-order valence-corrected chi connectivity index (χ4v) is 3.34. The highest BCUT2D eigenvalue weighted by molar-refractivity contribution is 5.85. The monoisotopic (exact) mass is 416 g/mol. The Hall–Kier alpha value is -1.05. The Bertz CT molecular complexity index is 573. The molecule has 9 heteroatoms. The van der Waals surface area contributed by atoms with Gasteiger partial charge in [0.25, 0.3) is 0 Å². The molecule has 3 unspecified atom stereocenters. The first kappa shape index (κ1) is 24.9. The molecule has 0 bridgehead atoms. The Balaban J connectivity index is 0.00000312. The summed E-state index contributed by atoms with van der Waals surface area (Å²) in [5, 5.41) is 12.6. The van der Waals surface area contributed by atoms with E-state index in [9.17, 15) is 23.1 Å². The fourth-order valence-electron chi connectivity index (χ4n) is 3.34. The highest BCUT2D eigenvalue weighted by atomic mass is 35.5. The van der Waals surface area contributed by atoms with Gasteiger partial charge >= 0.3 is 12.1 Å². The van der Waals surface area contributed by atoms with Crippen LogP contribution in [0, 0.1) is 11.8 Å². The maximum atomic E-state index is 12.9. The summed E-state index contributed by atoms with van der Waals surface area (Å²) in [6, 6.07) is 1.67. The van der Waals surface area contributed by atoms with Crippen LogP contribution < -0.4 is 5.32 Å². The Morgan fingerprint density at radius 1 is 1.42 bits per heavy atom. The standard InChI is InChI=1S/C17H23F3N2O2.2ClH/c1-2-3-4-13(16(23)24)11-5-7-21-14(9-11)15-10-12(6-8-22-15)17(18,19)20;;/h6,8,10-11,13-14,21H,2-5,7,9H2,1H3,(H,23,24);2*1H. The van der Waals surface area contributed by atoms with Crippen molar-refractivity contribution in [1.82, 2.24) is 10.3 Å². The van der Waals surface area contributed by atoms with Crippen LogP contribution in [-0.2, 0) is 11.0 Å². The van der Waals surface area contributed by atoms with Crippen molar-refractivity contribution in [3.63, 3.8) is 0 Å². The highest BCUT2D eigenvalue weighted by Gasteiger charge is 2.35. The number of nitrogens with zero attached hydrogens (tertiary/aromatic N) is 1. The van der Waals surface area contributed by atoms with Gasteiger partial charge in [-0.3, -0.25) is 9.78 Å². The third-order valence-corrected chi connectivity index (χ3v) is 4.66. The van der Waals surface area contributed by atoms with E-state index in [-0.39, 0.29) is 36.8 Å². The van der Waals surface area contributed by atoms with Crippen molar-refractivity contribution in [1.29, 1.82) is 0 Å². The lowest BCUT2D eigenvalue weighted by molar-refractivity contribution is -0.144. The zero-order valence-electron chi connectivity index (χ0n) is 14.5. The lowest BCUT2D eigenvalue weighted by atomic mass is 9.78. The van der Waals surface area contributed by atoms with E-state index in [2.05, 4.69) is 10.3 Å².